The summed E-state index contributed by atoms with van der Waals surface area (Å²) >= 11 is 5.94. The van der Waals surface area contributed by atoms with Crippen LogP contribution in [0.1, 0.15) is 31.2 Å². The van der Waals surface area contributed by atoms with E-state index in [9.17, 15) is 8.78 Å². The monoisotopic (exact) mass is 301 g/mol. The second kappa shape index (κ2) is 5.86. The number of alkyl halides is 2. The van der Waals surface area contributed by atoms with Gasteiger partial charge in [0.25, 0.3) is 0 Å². The van der Waals surface area contributed by atoms with E-state index in [4.69, 9.17) is 11.6 Å². The van der Waals surface area contributed by atoms with Crippen LogP contribution < -0.4 is 10.1 Å². The first-order chi connectivity index (χ1) is 9.61. The lowest BCUT2D eigenvalue weighted by Gasteiger charge is -2.23. The van der Waals surface area contributed by atoms with Gasteiger partial charge in [-0.1, -0.05) is 18.0 Å². The van der Waals surface area contributed by atoms with Crippen LogP contribution >= 0.6 is 11.6 Å². The number of hydrogen-bond acceptors (Lipinski definition) is 2. The summed E-state index contributed by atoms with van der Waals surface area (Å²) in [4.78, 5) is 0. The molecule has 0 spiro atoms. The molecule has 3 atom stereocenters. The third-order valence-corrected chi connectivity index (χ3v) is 4.77. The highest BCUT2D eigenvalue weighted by atomic mass is 35.5. The second-order valence-electron chi connectivity index (χ2n) is 5.79. The Morgan fingerprint density at radius 1 is 1.30 bits per heavy atom. The summed E-state index contributed by atoms with van der Waals surface area (Å²) in [5.74, 6) is 1.81. The Balaban J connectivity index is 1.65. The average molecular weight is 302 g/mol. The minimum Gasteiger partial charge on any atom is -0.434 e. The fourth-order valence-electron chi connectivity index (χ4n) is 3.63. The fourth-order valence-corrected chi connectivity index (χ4v) is 3.83. The van der Waals surface area contributed by atoms with E-state index in [0.717, 1.165) is 11.8 Å². The molecule has 2 aliphatic rings. The maximum atomic E-state index is 12.4. The van der Waals surface area contributed by atoms with Gasteiger partial charge in [-0.05, 0) is 49.3 Å². The van der Waals surface area contributed by atoms with Crippen LogP contribution in [0.5, 0.6) is 5.75 Å². The van der Waals surface area contributed by atoms with Gasteiger partial charge in [0.05, 0.1) is 0 Å². The number of hydrogen-bond donors (Lipinski definition) is 1. The van der Waals surface area contributed by atoms with Crippen molar-refractivity contribution in [2.24, 2.45) is 11.8 Å². The third kappa shape index (κ3) is 3.07. The first-order valence-corrected chi connectivity index (χ1v) is 7.46. The van der Waals surface area contributed by atoms with Crippen molar-refractivity contribution in [3.05, 3.63) is 28.8 Å². The van der Waals surface area contributed by atoms with Gasteiger partial charge in [-0.25, -0.2) is 0 Å². The number of ether oxygens (including phenoxy) is 1. The number of benzene rings is 1. The highest BCUT2D eigenvalue weighted by Gasteiger charge is 2.39. The summed E-state index contributed by atoms with van der Waals surface area (Å²) in [6, 6.07) is 5.28. The van der Waals surface area contributed by atoms with Crippen molar-refractivity contribution in [2.75, 3.05) is 0 Å². The Bertz CT molecular complexity index is 483. The molecule has 2 aliphatic carbocycles. The zero-order valence-electron chi connectivity index (χ0n) is 11.1. The van der Waals surface area contributed by atoms with Gasteiger partial charge in [0, 0.05) is 23.2 Å². The third-order valence-electron chi connectivity index (χ3n) is 4.53. The lowest BCUT2D eigenvalue weighted by molar-refractivity contribution is -0.0505. The molecule has 0 amide bonds. The van der Waals surface area contributed by atoms with E-state index in [1.165, 1.54) is 31.7 Å². The summed E-state index contributed by atoms with van der Waals surface area (Å²) in [6.07, 6.45) is 5.15. The van der Waals surface area contributed by atoms with Crippen LogP contribution in [0.3, 0.4) is 0 Å². The van der Waals surface area contributed by atoms with E-state index in [-0.39, 0.29) is 5.75 Å². The standard InChI is InChI=1S/C15H18ClF2NO/c16-12-3-4-14(20-15(17)18)11(7-12)8-19-13-6-9-1-2-10(13)5-9/h3-4,7,9-10,13,15,19H,1-2,5-6,8H2. The predicted octanol–water partition coefficient (Wildman–Crippen LogP) is 4.22. The molecule has 3 rings (SSSR count). The van der Waals surface area contributed by atoms with Gasteiger partial charge >= 0.3 is 6.61 Å². The molecule has 0 saturated heterocycles. The molecule has 0 radical (unpaired) electrons. The van der Waals surface area contributed by atoms with E-state index in [2.05, 4.69) is 10.1 Å². The molecule has 110 valence electrons. The molecule has 0 aliphatic heterocycles. The molecule has 5 heteroatoms. The molecule has 2 nitrogen and oxygen atoms in total. The summed E-state index contributed by atoms with van der Waals surface area (Å²) in [7, 11) is 0. The Morgan fingerprint density at radius 2 is 2.15 bits per heavy atom. The van der Waals surface area contributed by atoms with E-state index < -0.39 is 6.61 Å². The molecule has 0 heterocycles. The van der Waals surface area contributed by atoms with E-state index >= 15 is 0 Å². The van der Waals surface area contributed by atoms with Gasteiger partial charge in [-0.3, -0.25) is 0 Å². The molecule has 1 N–H and O–H groups in total. The average Bonchev–Trinajstić information content (AvgIpc) is 3.00. The molecular weight excluding hydrogens is 284 g/mol. The zero-order valence-corrected chi connectivity index (χ0v) is 11.9. The first-order valence-electron chi connectivity index (χ1n) is 7.08. The molecule has 1 aromatic rings. The Morgan fingerprint density at radius 3 is 2.80 bits per heavy atom. The van der Waals surface area contributed by atoms with Gasteiger partial charge < -0.3 is 10.1 Å². The number of fused-ring (bicyclic) bond motifs is 2. The highest BCUT2D eigenvalue weighted by Crippen LogP contribution is 2.44. The summed E-state index contributed by atoms with van der Waals surface area (Å²) in [5.41, 5.74) is 0.695. The van der Waals surface area contributed by atoms with Crippen LogP contribution in [0.2, 0.25) is 5.02 Å². The number of rotatable bonds is 5. The Hall–Kier alpha value is -0.870. The smallest absolute Gasteiger partial charge is 0.387 e. The van der Waals surface area contributed by atoms with Gasteiger partial charge in [-0.15, -0.1) is 0 Å². The molecule has 2 fully saturated rings. The molecule has 2 saturated carbocycles. The second-order valence-corrected chi connectivity index (χ2v) is 6.23. The lowest BCUT2D eigenvalue weighted by Crippen LogP contribution is -2.33. The van der Waals surface area contributed by atoms with Gasteiger partial charge in [0.1, 0.15) is 5.75 Å². The summed E-state index contributed by atoms with van der Waals surface area (Å²) < 4.78 is 29.3. The topological polar surface area (TPSA) is 21.3 Å². The minimum atomic E-state index is -2.81. The predicted molar refractivity (Wildman–Crippen MR) is 74.2 cm³/mol. The first kappa shape index (κ1) is 14.1. The highest BCUT2D eigenvalue weighted by molar-refractivity contribution is 6.30. The van der Waals surface area contributed by atoms with Crippen LogP contribution in [0.15, 0.2) is 18.2 Å². The molecule has 0 aromatic heterocycles. The molecule has 20 heavy (non-hydrogen) atoms. The van der Waals surface area contributed by atoms with E-state index in [1.807, 2.05) is 0 Å². The molecular formula is C15H18ClF2NO. The molecule has 2 bridgehead atoms. The largest absolute Gasteiger partial charge is 0.434 e. The maximum absolute atomic E-state index is 12.4. The van der Waals surface area contributed by atoms with Crippen molar-refractivity contribution < 1.29 is 13.5 Å². The van der Waals surface area contributed by atoms with E-state index in [1.54, 1.807) is 12.1 Å². The van der Waals surface area contributed by atoms with Crippen molar-refractivity contribution in [2.45, 2.75) is 44.9 Å². The maximum Gasteiger partial charge on any atom is 0.387 e. The fraction of sp³-hybridized carbons (Fsp3) is 0.600. The van der Waals surface area contributed by atoms with Crippen LogP contribution in [-0.4, -0.2) is 12.7 Å². The van der Waals surface area contributed by atoms with Gasteiger partial charge in [0.15, 0.2) is 0 Å². The van der Waals surface area contributed by atoms with Crippen molar-refractivity contribution in [1.82, 2.24) is 5.32 Å². The Labute approximate surface area is 122 Å². The zero-order chi connectivity index (χ0) is 14.1. The van der Waals surface area contributed by atoms with Crippen molar-refractivity contribution in [3.8, 4) is 5.75 Å². The Kier molecular flexibility index (Phi) is 4.13. The van der Waals surface area contributed by atoms with Crippen LogP contribution in [0, 0.1) is 11.8 Å². The van der Waals surface area contributed by atoms with Gasteiger partial charge in [-0.2, -0.15) is 8.78 Å². The molecule has 1 aromatic carbocycles. The quantitative estimate of drug-likeness (QED) is 0.879. The normalized spacial score (nSPS) is 28.3. The molecule has 3 unspecified atom stereocenters. The van der Waals surface area contributed by atoms with Crippen molar-refractivity contribution in [3.63, 3.8) is 0 Å². The SMILES string of the molecule is FC(F)Oc1ccc(Cl)cc1CNC1CC2CCC1C2. The van der Waals surface area contributed by atoms with Gasteiger partial charge in [0.2, 0.25) is 0 Å². The van der Waals surface area contributed by atoms with Crippen molar-refractivity contribution in [1.29, 1.82) is 0 Å². The van der Waals surface area contributed by atoms with Crippen molar-refractivity contribution >= 4 is 11.6 Å². The van der Waals surface area contributed by atoms with Crippen LogP contribution in [-0.2, 0) is 6.54 Å². The van der Waals surface area contributed by atoms with E-state index in [0.29, 0.717) is 23.2 Å². The number of nitrogens with one attached hydrogen (secondary N) is 1. The summed E-state index contributed by atoms with van der Waals surface area (Å²) in [5, 5.41) is 4.02. The van der Waals surface area contributed by atoms with Crippen LogP contribution in [0.4, 0.5) is 8.78 Å². The lowest BCUT2D eigenvalue weighted by atomic mass is 9.95. The number of halogens is 3. The minimum absolute atomic E-state index is 0.208. The summed E-state index contributed by atoms with van der Waals surface area (Å²) in [6.45, 7) is -2.28. The van der Waals surface area contributed by atoms with Crippen LogP contribution in [0.25, 0.3) is 0 Å².